The van der Waals surface area contributed by atoms with E-state index in [1.54, 1.807) is 18.2 Å². The molecule has 10 nitrogen and oxygen atoms in total. The largest absolute Gasteiger partial charge is 0.494 e. The first-order valence-electron chi connectivity index (χ1n) is 9.01. The number of hydrogen-bond donors (Lipinski definition) is 1. The highest BCUT2D eigenvalue weighted by Crippen LogP contribution is 2.28. The highest BCUT2D eigenvalue weighted by molar-refractivity contribution is 7.90. The van der Waals surface area contributed by atoms with Crippen LogP contribution in [0.4, 0.5) is 4.39 Å². The first kappa shape index (κ1) is 20.8. The van der Waals surface area contributed by atoms with Gasteiger partial charge in [0.25, 0.3) is 0 Å². The number of rotatable bonds is 6. The van der Waals surface area contributed by atoms with Gasteiger partial charge in [0, 0.05) is 18.0 Å². The van der Waals surface area contributed by atoms with Crippen LogP contribution in [-0.2, 0) is 9.84 Å². The quantitative estimate of drug-likeness (QED) is 0.436. The number of benzene rings is 1. The van der Waals surface area contributed by atoms with E-state index in [1.165, 1.54) is 36.2 Å². The highest BCUT2D eigenvalue weighted by atomic mass is 32.2. The van der Waals surface area contributed by atoms with Crippen molar-refractivity contribution in [1.82, 2.24) is 29.8 Å². The van der Waals surface area contributed by atoms with Crippen molar-refractivity contribution in [1.29, 1.82) is 0 Å². The van der Waals surface area contributed by atoms with Crippen molar-refractivity contribution < 1.29 is 22.7 Å². The lowest BCUT2D eigenvalue weighted by atomic mass is 9.99. The van der Waals surface area contributed by atoms with E-state index in [9.17, 15) is 17.9 Å². The topological polar surface area (TPSA) is 132 Å². The van der Waals surface area contributed by atoms with Crippen molar-refractivity contribution in [3.8, 4) is 17.0 Å². The number of methoxy groups -OCH3 is 1. The lowest BCUT2D eigenvalue weighted by molar-refractivity contribution is 0.275. The monoisotopic (exact) mass is 444 g/mol. The second kappa shape index (κ2) is 7.96. The summed E-state index contributed by atoms with van der Waals surface area (Å²) in [6.07, 6.45) is 3.84. The third kappa shape index (κ3) is 3.94. The fraction of sp³-hybridized carbons (Fsp3) is 0.211. The van der Waals surface area contributed by atoms with E-state index >= 15 is 0 Å². The fourth-order valence-corrected chi connectivity index (χ4v) is 3.60. The standard InChI is InChI=1S/C19H17FN6O4S/c1-30-16-4-3-11(7-14(16)20)13(10-27)18-25-24-17-8-12(9-22-26(17)18)15-5-6-21-19(23-15)31(2,28)29/h3-9,13,27H,10H2,1-2H3. The summed E-state index contributed by atoms with van der Waals surface area (Å²) >= 11 is 0. The van der Waals surface area contributed by atoms with Crippen LogP contribution in [0.15, 0.2) is 47.9 Å². The van der Waals surface area contributed by atoms with Crippen molar-refractivity contribution >= 4 is 15.5 Å². The third-order valence-electron chi connectivity index (χ3n) is 4.62. The molecule has 0 aliphatic rings. The average molecular weight is 444 g/mol. The van der Waals surface area contributed by atoms with E-state index in [0.29, 0.717) is 28.3 Å². The minimum Gasteiger partial charge on any atom is -0.494 e. The van der Waals surface area contributed by atoms with Crippen molar-refractivity contribution in [3.05, 3.63) is 59.9 Å². The molecule has 0 saturated heterocycles. The Morgan fingerprint density at radius 1 is 1.23 bits per heavy atom. The number of ether oxygens (including phenoxy) is 1. The Labute approximate surface area is 176 Å². The molecule has 1 N–H and O–H groups in total. The molecule has 31 heavy (non-hydrogen) atoms. The molecule has 0 fully saturated rings. The third-order valence-corrected chi connectivity index (χ3v) is 5.48. The van der Waals surface area contributed by atoms with Gasteiger partial charge in [0.1, 0.15) is 0 Å². The SMILES string of the molecule is COc1ccc(C(CO)c2nnc3cc(-c4ccnc(S(C)(=O)=O)n4)cnn23)cc1F. The van der Waals surface area contributed by atoms with Gasteiger partial charge in [-0.05, 0) is 29.8 Å². The van der Waals surface area contributed by atoms with Crippen LogP contribution in [0.1, 0.15) is 17.3 Å². The molecule has 0 bridgehead atoms. The number of fused-ring (bicyclic) bond motifs is 1. The van der Waals surface area contributed by atoms with Gasteiger partial charge in [-0.1, -0.05) is 6.07 Å². The summed E-state index contributed by atoms with van der Waals surface area (Å²) in [5, 5.41) is 22.1. The van der Waals surface area contributed by atoms with Crippen LogP contribution in [0.25, 0.3) is 16.9 Å². The van der Waals surface area contributed by atoms with Crippen LogP contribution in [0, 0.1) is 5.82 Å². The maximum Gasteiger partial charge on any atom is 0.247 e. The summed E-state index contributed by atoms with van der Waals surface area (Å²) in [6, 6.07) is 7.54. The Hall–Kier alpha value is -3.51. The van der Waals surface area contributed by atoms with Crippen LogP contribution >= 0.6 is 0 Å². The molecule has 0 saturated carbocycles. The van der Waals surface area contributed by atoms with E-state index in [1.807, 2.05) is 0 Å². The van der Waals surface area contributed by atoms with Gasteiger partial charge < -0.3 is 9.84 Å². The molecule has 1 atom stereocenters. The lowest BCUT2D eigenvalue weighted by Crippen LogP contribution is -2.12. The number of aliphatic hydroxyl groups is 1. The maximum atomic E-state index is 14.1. The van der Waals surface area contributed by atoms with Crippen molar-refractivity contribution in [2.75, 3.05) is 20.0 Å². The summed E-state index contributed by atoms with van der Waals surface area (Å²) in [5.74, 6) is -0.835. The molecule has 160 valence electrons. The molecule has 0 aliphatic heterocycles. The molecule has 4 rings (SSSR count). The minimum atomic E-state index is -3.57. The zero-order chi connectivity index (χ0) is 22.2. The molecule has 12 heteroatoms. The molecular weight excluding hydrogens is 427 g/mol. The average Bonchev–Trinajstić information content (AvgIpc) is 3.17. The molecule has 1 aromatic carbocycles. The van der Waals surface area contributed by atoms with Crippen molar-refractivity contribution in [2.24, 2.45) is 0 Å². The molecule has 1 unspecified atom stereocenters. The maximum absolute atomic E-state index is 14.1. The second-order valence-electron chi connectivity index (χ2n) is 6.70. The van der Waals surface area contributed by atoms with Gasteiger partial charge >= 0.3 is 0 Å². The van der Waals surface area contributed by atoms with Gasteiger partial charge in [0.05, 0.1) is 31.5 Å². The van der Waals surface area contributed by atoms with Crippen LogP contribution in [0.2, 0.25) is 0 Å². The number of aromatic nitrogens is 6. The highest BCUT2D eigenvalue weighted by Gasteiger charge is 2.22. The van der Waals surface area contributed by atoms with Crippen LogP contribution in [-0.4, -0.2) is 63.3 Å². The summed E-state index contributed by atoms with van der Waals surface area (Å²) < 4.78 is 43.9. The molecule has 4 aromatic rings. The van der Waals surface area contributed by atoms with Gasteiger partial charge in [0.15, 0.2) is 23.0 Å². The van der Waals surface area contributed by atoms with Crippen LogP contribution in [0.3, 0.4) is 0 Å². The molecular formula is C19H17FN6O4S. The molecule has 3 heterocycles. The summed E-state index contributed by atoms with van der Waals surface area (Å²) in [6.45, 7) is -0.348. The molecule has 0 amide bonds. The number of hydrogen-bond acceptors (Lipinski definition) is 9. The number of halogens is 1. The van der Waals surface area contributed by atoms with Gasteiger partial charge in [-0.15, -0.1) is 10.2 Å². The van der Waals surface area contributed by atoms with Crippen LogP contribution < -0.4 is 4.74 Å². The van der Waals surface area contributed by atoms with Crippen molar-refractivity contribution in [2.45, 2.75) is 11.1 Å². The Balaban J connectivity index is 1.74. The first-order chi connectivity index (χ1) is 14.8. The first-order valence-corrected chi connectivity index (χ1v) is 10.9. The second-order valence-corrected chi connectivity index (χ2v) is 8.61. The molecule has 3 aromatic heterocycles. The Morgan fingerprint density at radius 3 is 2.71 bits per heavy atom. The summed E-state index contributed by atoms with van der Waals surface area (Å²) in [5.41, 5.74) is 1.69. The zero-order valence-corrected chi connectivity index (χ0v) is 17.3. The smallest absolute Gasteiger partial charge is 0.247 e. The molecule has 0 aliphatic carbocycles. The van der Waals surface area contributed by atoms with Gasteiger partial charge in [-0.2, -0.15) is 9.61 Å². The number of nitrogens with zero attached hydrogens (tertiary/aromatic N) is 6. The predicted molar refractivity (Wildman–Crippen MR) is 107 cm³/mol. The van der Waals surface area contributed by atoms with Gasteiger partial charge in [-0.25, -0.2) is 22.8 Å². The van der Waals surface area contributed by atoms with E-state index in [-0.39, 0.29) is 17.5 Å². The lowest BCUT2D eigenvalue weighted by Gasteiger charge is -2.13. The van der Waals surface area contributed by atoms with E-state index in [0.717, 1.165) is 6.26 Å². The summed E-state index contributed by atoms with van der Waals surface area (Å²) in [7, 11) is -2.20. The van der Waals surface area contributed by atoms with Gasteiger partial charge in [-0.3, -0.25) is 0 Å². The van der Waals surface area contributed by atoms with E-state index in [2.05, 4.69) is 25.3 Å². The minimum absolute atomic E-state index is 0.0904. The molecule has 0 spiro atoms. The molecule has 0 radical (unpaired) electrons. The van der Waals surface area contributed by atoms with E-state index < -0.39 is 21.6 Å². The van der Waals surface area contributed by atoms with Gasteiger partial charge in [0.2, 0.25) is 15.0 Å². The summed E-state index contributed by atoms with van der Waals surface area (Å²) in [4.78, 5) is 7.83. The van der Waals surface area contributed by atoms with Crippen LogP contribution in [0.5, 0.6) is 5.75 Å². The fourth-order valence-electron chi connectivity index (χ4n) is 3.08. The Morgan fingerprint density at radius 2 is 2.03 bits per heavy atom. The Bertz CT molecular complexity index is 1380. The number of sulfone groups is 1. The predicted octanol–water partition coefficient (Wildman–Crippen LogP) is 1.26. The van der Waals surface area contributed by atoms with Crippen molar-refractivity contribution in [3.63, 3.8) is 0 Å². The normalized spacial score (nSPS) is 12.8. The Kier molecular flexibility index (Phi) is 5.33. The van der Waals surface area contributed by atoms with E-state index in [4.69, 9.17) is 4.74 Å². The number of aliphatic hydroxyl groups excluding tert-OH is 1. The zero-order valence-electron chi connectivity index (χ0n) is 16.5.